The maximum atomic E-state index is 12.2. The molecule has 0 aliphatic rings. The van der Waals surface area contributed by atoms with E-state index in [4.69, 9.17) is 25.0 Å². The average molecular weight is 769 g/mol. The van der Waals surface area contributed by atoms with E-state index in [2.05, 4.69) is 29.8 Å². The number of carboxylic acids is 1. The number of aromatic hydroxyl groups is 1. The van der Waals surface area contributed by atoms with E-state index in [9.17, 15) is 9.59 Å². The molecule has 244 valence electrons. The molecule has 0 spiro atoms. The van der Waals surface area contributed by atoms with Crippen LogP contribution in [0.3, 0.4) is 0 Å². The van der Waals surface area contributed by atoms with Crippen molar-refractivity contribution in [3.63, 3.8) is 0 Å². The van der Waals surface area contributed by atoms with Gasteiger partial charge < -0.3 is 14.9 Å². The molecule has 0 aromatic heterocycles. The summed E-state index contributed by atoms with van der Waals surface area (Å²) in [6.07, 6.45) is 4.76. The second kappa shape index (κ2) is 34.0. The fourth-order valence-corrected chi connectivity index (χ4v) is 3.86. The van der Waals surface area contributed by atoms with E-state index < -0.39 is 5.97 Å². The van der Waals surface area contributed by atoms with E-state index in [1.54, 1.807) is 30.3 Å². The zero-order chi connectivity index (χ0) is 34.6. The molecule has 4 aromatic rings. The number of phenols is 1. The summed E-state index contributed by atoms with van der Waals surface area (Å²) in [6.45, 7) is 7.55. The first-order valence-corrected chi connectivity index (χ1v) is 16.0. The van der Waals surface area contributed by atoms with Gasteiger partial charge in [-0.3, -0.25) is 14.4 Å². The van der Waals surface area contributed by atoms with Crippen LogP contribution in [0.4, 0.5) is 0 Å². The Kier molecular flexibility index (Phi) is 36.1. The van der Waals surface area contributed by atoms with Gasteiger partial charge in [-0.2, -0.15) is 5.26 Å². The quantitative estimate of drug-likeness (QED) is 0.110. The molecule has 0 radical (unpaired) electrons. The Hall–Kier alpha value is -1.47. The molecule has 10 heteroatoms. The predicted octanol–water partition coefficient (Wildman–Crippen LogP) is 3.53. The Morgan fingerprint density at radius 2 is 1.02 bits per heavy atom. The minimum atomic E-state index is -0.833. The van der Waals surface area contributed by atoms with Crippen molar-refractivity contribution in [2.24, 2.45) is 0 Å². The largest absolute Gasteiger partial charge is 1.00 e. The minimum absolute atomic E-state index is 0. The van der Waals surface area contributed by atoms with Crippen molar-refractivity contribution in [3.8, 4) is 17.6 Å². The number of carbonyl (C=O) groups excluding carboxylic acids is 2. The van der Waals surface area contributed by atoms with Gasteiger partial charge in [0.2, 0.25) is 0 Å². The number of carboxylic acid groups (broad SMARTS) is 1. The van der Waals surface area contributed by atoms with Gasteiger partial charge in [-0.15, -0.1) is 0 Å². The first kappa shape index (κ1) is 50.9. The number of rotatable bonds is 10. The monoisotopic (exact) mass is 767 g/mol. The number of ether oxygens (including phenoxy) is 1. The molecule has 4 rings (SSSR count). The summed E-state index contributed by atoms with van der Waals surface area (Å²) >= 11 is 3.31. The Morgan fingerprint density at radius 1 is 0.688 bits per heavy atom. The van der Waals surface area contributed by atoms with Crippen molar-refractivity contribution < 1.29 is 132 Å². The zero-order valence-corrected chi connectivity index (χ0v) is 36.8. The summed E-state index contributed by atoms with van der Waals surface area (Å²) in [7, 11) is 0. The normalized spacial score (nSPS) is 8.67. The summed E-state index contributed by atoms with van der Waals surface area (Å²) in [4.78, 5) is 33.1. The molecule has 0 saturated heterocycles. The van der Waals surface area contributed by atoms with Gasteiger partial charge in [0.05, 0.1) is 12.7 Å². The van der Waals surface area contributed by atoms with Gasteiger partial charge in [0, 0.05) is 41.4 Å². The van der Waals surface area contributed by atoms with Crippen molar-refractivity contribution in [2.75, 3.05) is 11.9 Å². The fourth-order valence-electron chi connectivity index (χ4n) is 3.30. The van der Waals surface area contributed by atoms with Gasteiger partial charge >= 0.3 is 103 Å². The number of aliphatic carboxylic acids is 1. The Bertz CT molecular complexity index is 1420. The average Bonchev–Trinajstić information content (AvgIpc) is 3.07. The smallest absolute Gasteiger partial charge is 0.508 e. The number of benzene rings is 4. The molecule has 7 nitrogen and oxygen atoms in total. The van der Waals surface area contributed by atoms with E-state index >= 15 is 0 Å². The van der Waals surface area contributed by atoms with E-state index in [0.717, 1.165) is 37.5 Å². The molecule has 0 amide bonds. The third-order valence-electron chi connectivity index (χ3n) is 5.57. The van der Waals surface area contributed by atoms with Gasteiger partial charge in [0.1, 0.15) is 11.5 Å². The number of ketones is 2. The second-order valence-corrected chi connectivity index (χ2v) is 10.2. The molecule has 4 aromatic carbocycles. The van der Waals surface area contributed by atoms with Crippen LogP contribution in [0.2, 0.25) is 0 Å². The number of hydrogen-bond acceptors (Lipinski definition) is 6. The molecular formula is C38H44BrK2NO6+2. The van der Waals surface area contributed by atoms with E-state index in [1.807, 2.05) is 72.8 Å². The summed E-state index contributed by atoms with van der Waals surface area (Å²) < 4.78 is 5.58. The summed E-state index contributed by atoms with van der Waals surface area (Å²) in [5.74, 6) is 0.161. The number of alkyl halides is 1. The number of nitrogens with zero attached hydrogens (tertiary/aromatic N) is 1. The third kappa shape index (κ3) is 25.5. The molecule has 0 heterocycles. The fraction of sp³-hybridized carbons (Fsp3) is 0.263. The topological polar surface area (TPSA) is 125 Å². The SMILES string of the molecule is CC#N.CC(=O)O.CCCCBr.CCCCOc1ccc(C(=O)c2ccccc2)cc1.O=C(c1ccccc1)c1ccc(O)cc1.[K+].[K+]. The van der Waals surface area contributed by atoms with E-state index in [0.29, 0.717) is 22.3 Å². The zero-order valence-electron chi connectivity index (χ0n) is 29.0. The Labute approximate surface area is 379 Å². The van der Waals surface area contributed by atoms with Crippen molar-refractivity contribution in [3.05, 3.63) is 131 Å². The molecular weight excluding hydrogens is 725 g/mol. The van der Waals surface area contributed by atoms with Gasteiger partial charge in [0.25, 0.3) is 5.97 Å². The Morgan fingerprint density at radius 3 is 1.33 bits per heavy atom. The molecule has 0 aliphatic heterocycles. The first-order chi connectivity index (χ1) is 22.1. The van der Waals surface area contributed by atoms with E-state index in [1.165, 1.54) is 31.9 Å². The summed E-state index contributed by atoms with van der Waals surface area (Å²) in [6, 6.07) is 33.7. The van der Waals surface area contributed by atoms with Crippen LogP contribution >= 0.6 is 15.9 Å². The number of nitriles is 1. The van der Waals surface area contributed by atoms with Gasteiger partial charge in [0.15, 0.2) is 11.6 Å². The van der Waals surface area contributed by atoms with Crippen LogP contribution in [0.25, 0.3) is 0 Å². The molecule has 0 unspecified atom stereocenters. The number of unbranched alkanes of at least 4 members (excludes halogenated alkanes) is 2. The number of phenolic OH excluding ortho intramolecular Hbond substituents is 1. The van der Waals surface area contributed by atoms with Crippen LogP contribution in [0.15, 0.2) is 109 Å². The summed E-state index contributed by atoms with van der Waals surface area (Å²) in [5.41, 5.74) is 2.64. The minimum Gasteiger partial charge on any atom is -0.508 e. The van der Waals surface area contributed by atoms with Crippen LogP contribution < -0.4 is 108 Å². The third-order valence-corrected chi connectivity index (χ3v) is 6.13. The molecule has 0 aliphatic carbocycles. The summed E-state index contributed by atoms with van der Waals surface area (Å²) in [5, 5.41) is 25.0. The molecule has 48 heavy (non-hydrogen) atoms. The molecule has 2 N–H and O–H groups in total. The first-order valence-electron chi connectivity index (χ1n) is 14.9. The standard InChI is InChI=1S/C17H18O2.C13H10O2.C4H9Br.C2H3N.C2H4O2.2K/c1-2-3-13-19-16-11-9-15(10-12-16)17(18)14-7-5-4-6-8-14;14-12-8-6-11(7-9-12)13(15)10-4-2-1-3-5-10;1-2-3-4-5;1-2-3;1-2(3)4;;/h4-12H,2-3,13H2,1H3;1-9,14H;2-4H2,1H3;1H3;1H3,(H,3,4);;/q;;;;;2*+1. The predicted molar refractivity (Wildman–Crippen MR) is 188 cm³/mol. The Balaban J connectivity index is -0.000000621. The van der Waals surface area contributed by atoms with Crippen LogP contribution in [0.1, 0.15) is 85.2 Å². The van der Waals surface area contributed by atoms with Crippen LogP contribution in [-0.2, 0) is 4.79 Å². The van der Waals surface area contributed by atoms with Crippen molar-refractivity contribution in [1.29, 1.82) is 5.26 Å². The van der Waals surface area contributed by atoms with Gasteiger partial charge in [-0.1, -0.05) is 103 Å². The van der Waals surface area contributed by atoms with Crippen LogP contribution in [-0.4, -0.2) is 39.7 Å². The second-order valence-electron chi connectivity index (χ2n) is 9.45. The molecule has 0 saturated carbocycles. The van der Waals surface area contributed by atoms with Crippen molar-refractivity contribution >= 4 is 33.5 Å². The van der Waals surface area contributed by atoms with Gasteiger partial charge in [-0.25, -0.2) is 0 Å². The van der Waals surface area contributed by atoms with Crippen molar-refractivity contribution in [2.45, 2.75) is 53.4 Å². The molecule has 0 atom stereocenters. The maximum Gasteiger partial charge on any atom is 1.00 e. The van der Waals surface area contributed by atoms with Crippen LogP contribution in [0.5, 0.6) is 11.5 Å². The van der Waals surface area contributed by atoms with Crippen LogP contribution in [0, 0.1) is 11.3 Å². The molecule has 0 bridgehead atoms. The number of halogens is 1. The van der Waals surface area contributed by atoms with E-state index in [-0.39, 0.29) is 120 Å². The molecule has 0 fully saturated rings. The van der Waals surface area contributed by atoms with Gasteiger partial charge in [-0.05, 0) is 61.4 Å². The number of carbonyl (C=O) groups is 3. The van der Waals surface area contributed by atoms with Crippen molar-refractivity contribution in [1.82, 2.24) is 0 Å². The number of hydrogen-bond donors (Lipinski definition) is 2. The maximum absolute atomic E-state index is 12.2.